The number of aromatic amines is 1. The summed E-state index contributed by atoms with van der Waals surface area (Å²) in [5.41, 5.74) is 1.23. The number of hydrogen-bond acceptors (Lipinski definition) is 4. The second-order valence-electron chi connectivity index (χ2n) is 7.81. The Labute approximate surface area is 167 Å². The van der Waals surface area contributed by atoms with Gasteiger partial charge in [-0.1, -0.05) is 11.6 Å². The minimum absolute atomic E-state index is 0.0825. The number of benzene rings is 1. The van der Waals surface area contributed by atoms with Gasteiger partial charge in [0.15, 0.2) is 17.5 Å². The maximum absolute atomic E-state index is 14.9. The van der Waals surface area contributed by atoms with E-state index in [1.54, 1.807) is 30.9 Å². The van der Waals surface area contributed by atoms with Crippen molar-refractivity contribution in [2.45, 2.75) is 26.4 Å². The largest absolute Gasteiger partial charge is 0.474 e. The fraction of sp³-hybridized carbons (Fsp3) is 0.350. The lowest BCUT2D eigenvalue weighted by molar-refractivity contribution is 0.0502. The van der Waals surface area contributed by atoms with E-state index in [9.17, 15) is 8.78 Å². The van der Waals surface area contributed by atoms with E-state index < -0.39 is 17.2 Å². The van der Waals surface area contributed by atoms with Crippen molar-refractivity contribution in [1.29, 1.82) is 0 Å². The van der Waals surface area contributed by atoms with Crippen molar-refractivity contribution < 1.29 is 13.5 Å². The van der Waals surface area contributed by atoms with E-state index in [4.69, 9.17) is 16.3 Å². The summed E-state index contributed by atoms with van der Waals surface area (Å²) in [5.74, 6) is -1.64. The number of pyridine rings is 1. The van der Waals surface area contributed by atoms with Crippen LogP contribution in [0.3, 0.4) is 0 Å². The highest BCUT2D eigenvalue weighted by atomic mass is 35.5. The maximum atomic E-state index is 14.9. The van der Waals surface area contributed by atoms with Crippen LogP contribution in [0.2, 0.25) is 5.02 Å². The van der Waals surface area contributed by atoms with E-state index in [2.05, 4.69) is 16.5 Å². The van der Waals surface area contributed by atoms with Crippen molar-refractivity contribution in [3.63, 3.8) is 0 Å². The number of aromatic nitrogens is 2. The molecule has 0 amide bonds. The molecule has 0 saturated carbocycles. The van der Waals surface area contributed by atoms with Crippen LogP contribution in [0.4, 0.5) is 20.2 Å². The molecule has 150 valence electrons. The third kappa shape index (κ3) is 3.35. The van der Waals surface area contributed by atoms with Gasteiger partial charge in [-0.3, -0.25) is 0 Å². The average Bonchev–Trinajstić information content (AvgIpc) is 2.95. The molecule has 0 aliphatic heterocycles. The molecule has 8 heteroatoms. The topological polar surface area (TPSA) is 44.4 Å². The average molecular weight is 409 g/mol. The lowest BCUT2D eigenvalue weighted by atomic mass is 10.1. The molecule has 0 bridgehead atoms. The Morgan fingerprint density at radius 3 is 2.43 bits per heavy atom. The lowest BCUT2D eigenvalue weighted by Crippen LogP contribution is -2.27. The smallest absolute Gasteiger partial charge is 0.186 e. The van der Waals surface area contributed by atoms with Gasteiger partial charge in [0, 0.05) is 27.2 Å². The Balaban J connectivity index is 2.34. The van der Waals surface area contributed by atoms with Gasteiger partial charge < -0.3 is 19.5 Å². The Hall–Kier alpha value is -2.54. The quantitative estimate of drug-likeness (QED) is 0.584. The zero-order valence-corrected chi connectivity index (χ0v) is 17.5. The first-order chi connectivity index (χ1) is 12.9. The zero-order valence-electron chi connectivity index (χ0n) is 16.7. The molecule has 2 heterocycles. The van der Waals surface area contributed by atoms with Crippen LogP contribution in [0.15, 0.2) is 24.7 Å². The molecule has 28 heavy (non-hydrogen) atoms. The first kappa shape index (κ1) is 20.2. The molecule has 0 unspecified atom stereocenters. The van der Waals surface area contributed by atoms with Gasteiger partial charge in [-0.15, -0.1) is 0 Å². The molecule has 1 N–H and O–H groups in total. The number of H-pyrrole nitrogens is 1. The number of halogens is 3. The van der Waals surface area contributed by atoms with Gasteiger partial charge in [0.2, 0.25) is 0 Å². The number of anilines is 2. The minimum Gasteiger partial charge on any atom is -0.474 e. The zero-order chi connectivity index (χ0) is 21.0. The van der Waals surface area contributed by atoms with Gasteiger partial charge >= 0.3 is 0 Å². The fourth-order valence-electron chi connectivity index (χ4n) is 3.16. The summed E-state index contributed by atoms with van der Waals surface area (Å²) >= 11 is 6.29. The molecule has 1 aromatic carbocycles. The molecule has 0 radical (unpaired) electrons. The van der Waals surface area contributed by atoms with Gasteiger partial charge in [-0.2, -0.15) is 0 Å². The number of nitrogens with one attached hydrogen (secondary N) is 1. The number of ether oxygens (including phenoxy) is 1. The van der Waals surface area contributed by atoms with E-state index in [0.717, 1.165) is 6.07 Å². The number of rotatable bonds is 4. The summed E-state index contributed by atoms with van der Waals surface area (Å²) in [7, 11) is 5.24. The second kappa shape index (κ2) is 6.81. The highest BCUT2D eigenvalue weighted by Gasteiger charge is 2.25. The van der Waals surface area contributed by atoms with Crippen LogP contribution in [0.5, 0.6) is 0 Å². The third-order valence-electron chi connectivity index (χ3n) is 4.31. The monoisotopic (exact) mass is 408 g/mol. The minimum atomic E-state index is -0.983. The van der Waals surface area contributed by atoms with Crippen molar-refractivity contribution >= 4 is 44.9 Å². The van der Waals surface area contributed by atoms with Crippen LogP contribution in [-0.4, -0.2) is 36.7 Å². The maximum Gasteiger partial charge on any atom is 0.186 e. The van der Waals surface area contributed by atoms with Crippen LogP contribution in [0.25, 0.3) is 21.9 Å². The molecule has 3 rings (SSSR count). The molecule has 0 saturated heterocycles. The van der Waals surface area contributed by atoms with Crippen LogP contribution >= 0.6 is 11.6 Å². The molecule has 0 fully saturated rings. The second-order valence-corrected chi connectivity index (χ2v) is 8.21. The van der Waals surface area contributed by atoms with E-state index in [1.807, 2.05) is 20.8 Å². The summed E-state index contributed by atoms with van der Waals surface area (Å²) in [6.45, 7) is 9.56. The summed E-state index contributed by atoms with van der Waals surface area (Å²) in [5, 5.41) is 0.845. The van der Waals surface area contributed by atoms with Crippen molar-refractivity contribution in [2.75, 3.05) is 30.9 Å². The third-order valence-corrected chi connectivity index (χ3v) is 4.58. The van der Waals surface area contributed by atoms with Gasteiger partial charge in [0.05, 0.1) is 38.9 Å². The van der Waals surface area contributed by atoms with E-state index in [-0.39, 0.29) is 5.39 Å². The van der Waals surface area contributed by atoms with E-state index in [0.29, 0.717) is 38.8 Å². The molecular formula is C20H23ClF2N4O. The SMILES string of the molecule is C=C(OC(C)(C)C)N(C)c1cc(F)c(F)c2c1[nH]c1ncc(Cl)c(N(C)C)c12. The molecule has 0 spiro atoms. The normalized spacial score (nSPS) is 11.9. The van der Waals surface area contributed by atoms with Crippen molar-refractivity contribution in [3.05, 3.63) is 41.4 Å². The molecule has 5 nitrogen and oxygen atoms in total. The Morgan fingerprint density at radius 2 is 1.86 bits per heavy atom. The van der Waals surface area contributed by atoms with Crippen LogP contribution < -0.4 is 9.80 Å². The molecule has 2 aromatic heterocycles. The Morgan fingerprint density at radius 1 is 1.21 bits per heavy atom. The lowest BCUT2D eigenvalue weighted by Gasteiger charge is -2.29. The standard InChI is InChI=1S/C20H23ClF2N4O/c1-10(28-20(2,3)4)27(7)13-8-12(22)16(23)14-15-18(26(5)6)11(21)9-24-19(15)25-17(13)14/h8-9H,1H2,2-7H3,(H,24,25). The Kier molecular flexibility index (Phi) is 4.91. The van der Waals surface area contributed by atoms with Crippen molar-refractivity contribution in [2.24, 2.45) is 0 Å². The van der Waals surface area contributed by atoms with Crippen molar-refractivity contribution in [3.8, 4) is 0 Å². The molecule has 0 aliphatic carbocycles. The van der Waals surface area contributed by atoms with Gasteiger partial charge in [0.1, 0.15) is 11.2 Å². The van der Waals surface area contributed by atoms with Gasteiger partial charge in [-0.25, -0.2) is 13.8 Å². The fourth-order valence-corrected chi connectivity index (χ4v) is 3.47. The summed E-state index contributed by atoms with van der Waals surface area (Å²) in [6.07, 6.45) is 1.48. The van der Waals surface area contributed by atoms with Crippen LogP contribution in [0.1, 0.15) is 20.8 Å². The summed E-state index contributed by atoms with van der Waals surface area (Å²) in [6, 6.07) is 1.11. The number of hydrogen-bond donors (Lipinski definition) is 1. The van der Waals surface area contributed by atoms with E-state index in [1.165, 1.54) is 6.20 Å². The summed E-state index contributed by atoms with van der Waals surface area (Å²) in [4.78, 5) is 10.7. The van der Waals surface area contributed by atoms with Gasteiger partial charge in [-0.05, 0) is 27.4 Å². The highest BCUT2D eigenvalue weighted by Crippen LogP contribution is 2.42. The summed E-state index contributed by atoms with van der Waals surface area (Å²) < 4.78 is 35.2. The molecule has 0 atom stereocenters. The first-order valence-corrected chi connectivity index (χ1v) is 9.07. The van der Waals surface area contributed by atoms with E-state index >= 15 is 0 Å². The molecule has 0 aliphatic rings. The predicted molar refractivity (Wildman–Crippen MR) is 111 cm³/mol. The van der Waals surface area contributed by atoms with Crippen LogP contribution in [0, 0.1) is 11.6 Å². The Bertz CT molecular complexity index is 1090. The van der Waals surface area contributed by atoms with Crippen LogP contribution in [-0.2, 0) is 4.74 Å². The van der Waals surface area contributed by atoms with Gasteiger partial charge in [0.25, 0.3) is 0 Å². The number of fused-ring (bicyclic) bond motifs is 3. The first-order valence-electron chi connectivity index (χ1n) is 8.69. The molecular weight excluding hydrogens is 386 g/mol. The number of nitrogens with zero attached hydrogens (tertiary/aromatic N) is 3. The molecule has 3 aromatic rings. The highest BCUT2D eigenvalue weighted by molar-refractivity contribution is 6.36. The van der Waals surface area contributed by atoms with Crippen molar-refractivity contribution in [1.82, 2.24) is 9.97 Å². The predicted octanol–water partition coefficient (Wildman–Crippen LogP) is 5.44.